The molecule has 0 unspecified atom stereocenters. The average molecular weight is 770 g/mol. The van der Waals surface area contributed by atoms with E-state index in [0.717, 1.165) is 34.3 Å². The van der Waals surface area contributed by atoms with E-state index in [1.165, 1.54) is 11.5 Å². The summed E-state index contributed by atoms with van der Waals surface area (Å²) in [6.45, 7) is 8.61. The van der Waals surface area contributed by atoms with Crippen LogP contribution in [0.3, 0.4) is 0 Å². The molecule has 1 fully saturated rings. The van der Waals surface area contributed by atoms with Crippen molar-refractivity contribution in [3.05, 3.63) is 107 Å². The van der Waals surface area contributed by atoms with Crippen molar-refractivity contribution in [2.24, 2.45) is 5.16 Å². The van der Waals surface area contributed by atoms with E-state index in [-0.39, 0.29) is 34.7 Å². The van der Waals surface area contributed by atoms with Crippen LogP contribution in [0.1, 0.15) is 43.7 Å². The number of nitrogens with zero attached hydrogens (tertiary/aromatic N) is 3. The Morgan fingerprint density at radius 2 is 1.73 bits per heavy atom. The maximum absolute atomic E-state index is 14.0. The summed E-state index contributed by atoms with van der Waals surface area (Å²) in [4.78, 5) is 64.1. The Morgan fingerprint density at radius 3 is 2.31 bits per heavy atom. The zero-order chi connectivity index (χ0) is 37.6. The topological polar surface area (TPSA) is 192 Å². The molecule has 0 bridgehead atoms. The minimum Gasteiger partial charge on any atom is -0.448 e. The number of esters is 1. The third-order valence-corrected chi connectivity index (χ3v) is 9.53. The molecule has 0 spiro atoms. The molecule has 0 aliphatic carbocycles. The molecule has 2 aliphatic rings. The standard InChI is InChI=1S/C34H35N5O10S3/c1-6-17-46-38-24(22-18-51-32(35-22)37-33(43)48-34(2,3)4)28(40)36-25-29(41)39-26(23(19-50-30(25)39)49-52(5,44)45)31(42)47-27(20-13-9-7-10-14-20)21-15-11-8-12-16-21/h6-16,18,25,27,30H,1,17,19H2,2-5H3,(H,36,40)(H,35,37,43)/t25-,30+/m1/s1. The van der Waals surface area contributed by atoms with Crippen molar-refractivity contribution in [3.63, 3.8) is 0 Å². The van der Waals surface area contributed by atoms with Gasteiger partial charge in [-0.1, -0.05) is 78.5 Å². The van der Waals surface area contributed by atoms with Gasteiger partial charge in [-0.05, 0) is 31.9 Å². The summed E-state index contributed by atoms with van der Waals surface area (Å²) in [5.74, 6) is -3.03. The number of carbonyl (C=O) groups is 4. The third-order valence-electron chi connectivity index (χ3n) is 7.01. The SMILES string of the molecule is C=CCON=C(C(=O)N[C@@H]1C(=O)N2C(C(=O)OC(c3ccccc3)c3ccccc3)=C(OS(C)(=O)=O)CS[C@@H]12)c1csc(NC(=O)OC(C)(C)C)n1. The Bertz CT molecular complexity index is 1970. The molecule has 3 amide bonds. The largest absolute Gasteiger partial charge is 0.448 e. The second-order valence-electron chi connectivity index (χ2n) is 12.2. The molecule has 15 nitrogen and oxygen atoms in total. The van der Waals surface area contributed by atoms with Crippen molar-refractivity contribution in [1.29, 1.82) is 0 Å². The molecular formula is C34H35N5O10S3. The summed E-state index contributed by atoms with van der Waals surface area (Å²) >= 11 is 2.07. The number of thioether (sulfide) groups is 1. The highest BCUT2D eigenvalue weighted by atomic mass is 32.2. The van der Waals surface area contributed by atoms with Crippen LogP contribution in [-0.2, 0) is 43.0 Å². The third kappa shape index (κ3) is 9.36. The summed E-state index contributed by atoms with van der Waals surface area (Å²) in [5.41, 5.74) is -0.184. The van der Waals surface area contributed by atoms with E-state index in [4.69, 9.17) is 18.5 Å². The first-order valence-corrected chi connectivity index (χ1v) is 19.4. The number of nitrogens with one attached hydrogen (secondary N) is 2. The van der Waals surface area contributed by atoms with Gasteiger partial charge in [0.1, 0.15) is 29.3 Å². The predicted molar refractivity (Wildman–Crippen MR) is 193 cm³/mol. The lowest BCUT2D eigenvalue weighted by atomic mass is 10.0. The number of aromatic nitrogens is 1. The number of fused-ring (bicyclic) bond motifs is 1. The minimum absolute atomic E-state index is 0.0263. The van der Waals surface area contributed by atoms with E-state index >= 15 is 0 Å². The summed E-state index contributed by atoms with van der Waals surface area (Å²) in [6, 6.07) is 16.6. The van der Waals surface area contributed by atoms with Crippen LogP contribution in [0.5, 0.6) is 0 Å². The molecule has 5 rings (SSSR count). The number of carbonyl (C=O) groups excluding carboxylic acids is 4. The molecule has 2 aromatic carbocycles. The maximum Gasteiger partial charge on any atom is 0.413 e. The Kier molecular flexibility index (Phi) is 11.7. The van der Waals surface area contributed by atoms with Gasteiger partial charge in [0.15, 0.2) is 28.4 Å². The molecule has 52 heavy (non-hydrogen) atoms. The van der Waals surface area contributed by atoms with E-state index < -0.39 is 62.8 Å². The van der Waals surface area contributed by atoms with Crippen LogP contribution >= 0.6 is 23.1 Å². The van der Waals surface area contributed by atoms with Gasteiger partial charge in [0.25, 0.3) is 11.8 Å². The van der Waals surface area contributed by atoms with Gasteiger partial charge < -0.3 is 23.8 Å². The summed E-state index contributed by atoms with van der Waals surface area (Å²) in [7, 11) is -4.12. The van der Waals surface area contributed by atoms with Crippen LogP contribution in [0.15, 0.2) is 95.3 Å². The van der Waals surface area contributed by atoms with Crippen molar-refractivity contribution in [1.82, 2.24) is 15.2 Å². The highest BCUT2D eigenvalue weighted by Crippen LogP contribution is 2.42. The first-order chi connectivity index (χ1) is 24.6. The Morgan fingerprint density at radius 1 is 1.10 bits per heavy atom. The van der Waals surface area contributed by atoms with E-state index in [1.54, 1.807) is 81.4 Å². The van der Waals surface area contributed by atoms with Crippen LogP contribution < -0.4 is 10.6 Å². The molecular weight excluding hydrogens is 735 g/mol. The van der Waals surface area contributed by atoms with Gasteiger partial charge >= 0.3 is 22.2 Å². The van der Waals surface area contributed by atoms with Gasteiger partial charge in [-0.15, -0.1) is 23.1 Å². The first-order valence-electron chi connectivity index (χ1n) is 15.6. The zero-order valence-corrected chi connectivity index (χ0v) is 30.9. The molecule has 2 aliphatic heterocycles. The molecule has 1 saturated heterocycles. The summed E-state index contributed by atoms with van der Waals surface area (Å²) in [6.07, 6.45) is 0.558. The zero-order valence-electron chi connectivity index (χ0n) is 28.4. The molecule has 3 heterocycles. The minimum atomic E-state index is -4.12. The molecule has 2 N–H and O–H groups in total. The van der Waals surface area contributed by atoms with Crippen molar-refractivity contribution in [2.75, 3.05) is 23.9 Å². The van der Waals surface area contributed by atoms with Gasteiger partial charge in [0.2, 0.25) is 0 Å². The van der Waals surface area contributed by atoms with E-state index in [9.17, 15) is 27.6 Å². The van der Waals surface area contributed by atoms with E-state index in [0.29, 0.717) is 11.1 Å². The number of β-lactam (4-membered cyclic amide) rings is 1. The smallest absolute Gasteiger partial charge is 0.413 e. The predicted octanol–water partition coefficient (Wildman–Crippen LogP) is 4.32. The van der Waals surface area contributed by atoms with E-state index in [1.807, 2.05) is 0 Å². The number of anilines is 1. The quantitative estimate of drug-likeness (QED) is 0.0477. The fourth-order valence-electron chi connectivity index (χ4n) is 4.97. The van der Waals surface area contributed by atoms with Crippen LogP contribution in [-0.4, -0.2) is 83.5 Å². The van der Waals surface area contributed by atoms with Gasteiger partial charge in [0.05, 0.1) is 12.0 Å². The molecule has 2 atom stereocenters. The maximum atomic E-state index is 14.0. The highest BCUT2D eigenvalue weighted by molar-refractivity contribution is 8.00. The van der Waals surface area contributed by atoms with Crippen molar-refractivity contribution >= 4 is 67.9 Å². The van der Waals surface area contributed by atoms with Crippen LogP contribution in [0, 0.1) is 0 Å². The fourth-order valence-corrected chi connectivity index (χ4v) is 7.49. The number of hydrogen-bond acceptors (Lipinski definition) is 14. The number of rotatable bonds is 13. The number of benzene rings is 2. The van der Waals surface area contributed by atoms with Gasteiger partial charge in [-0.2, -0.15) is 8.42 Å². The number of thiazole rings is 1. The second-order valence-corrected chi connectivity index (χ2v) is 15.8. The lowest BCUT2D eigenvalue weighted by Crippen LogP contribution is -2.71. The number of hydrogen-bond donors (Lipinski definition) is 2. The van der Waals surface area contributed by atoms with E-state index in [2.05, 4.69) is 27.4 Å². The van der Waals surface area contributed by atoms with Gasteiger partial charge in [-0.25, -0.2) is 14.6 Å². The number of amides is 3. The highest BCUT2D eigenvalue weighted by Gasteiger charge is 2.56. The Balaban J connectivity index is 1.39. The molecule has 3 aromatic rings. The molecule has 0 saturated carbocycles. The molecule has 1 aromatic heterocycles. The molecule has 0 radical (unpaired) electrons. The normalized spacial score (nSPS) is 17.4. The van der Waals surface area contributed by atoms with Crippen LogP contribution in [0.25, 0.3) is 0 Å². The monoisotopic (exact) mass is 769 g/mol. The van der Waals surface area contributed by atoms with Crippen molar-refractivity contribution in [2.45, 2.75) is 43.9 Å². The summed E-state index contributed by atoms with van der Waals surface area (Å²) < 4.78 is 40.9. The van der Waals surface area contributed by atoms with Crippen molar-refractivity contribution < 1.29 is 46.1 Å². The first kappa shape index (κ1) is 38.0. The number of ether oxygens (including phenoxy) is 2. The van der Waals surface area contributed by atoms with Crippen LogP contribution in [0.2, 0.25) is 0 Å². The molecule has 274 valence electrons. The number of oxime groups is 1. The lowest BCUT2D eigenvalue weighted by molar-refractivity contribution is -0.154. The fraction of sp³-hybridized carbons (Fsp3) is 0.294. The second kappa shape index (κ2) is 16.0. The van der Waals surface area contributed by atoms with Crippen LogP contribution in [0.4, 0.5) is 9.93 Å². The van der Waals surface area contributed by atoms with Crippen molar-refractivity contribution in [3.8, 4) is 0 Å². The van der Waals surface area contributed by atoms with Gasteiger partial charge in [0, 0.05) is 5.38 Å². The Labute approximate surface area is 308 Å². The average Bonchev–Trinajstić information content (AvgIpc) is 3.54. The summed E-state index contributed by atoms with van der Waals surface area (Å²) in [5, 5.41) is 9.71. The van der Waals surface area contributed by atoms with Gasteiger partial charge in [-0.3, -0.25) is 19.8 Å². The Hall–Kier alpha value is -5.20. The lowest BCUT2D eigenvalue weighted by Gasteiger charge is -2.49. The molecule has 18 heteroatoms.